The largest absolute Gasteiger partial charge is 0.481 e. The first-order chi connectivity index (χ1) is 10.1. The topological polar surface area (TPSA) is 66.8 Å². The van der Waals surface area contributed by atoms with Gasteiger partial charge >= 0.3 is 5.97 Å². The summed E-state index contributed by atoms with van der Waals surface area (Å²) in [5.74, 6) is -1.10. The van der Waals surface area contributed by atoms with Crippen molar-refractivity contribution in [2.75, 3.05) is 19.7 Å². The molecule has 1 N–H and O–H groups in total. The number of morpholine rings is 1. The third kappa shape index (κ3) is 4.58. The van der Waals surface area contributed by atoms with E-state index < -0.39 is 12.1 Å². The first-order valence-electron chi connectivity index (χ1n) is 6.61. The van der Waals surface area contributed by atoms with E-state index in [9.17, 15) is 9.59 Å². The van der Waals surface area contributed by atoms with E-state index in [2.05, 4.69) is 0 Å². The number of amides is 1. The number of rotatable bonds is 4. The average molecular weight is 310 g/mol. The van der Waals surface area contributed by atoms with Gasteiger partial charge in [-0.25, -0.2) is 0 Å². The predicted molar refractivity (Wildman–Crippen MR) is 79.1 cm³/mol. The number of carbonyl (C=O) groups is 2. The van der Waals surface area contributed by atoms with Crippen LogP contribution in [0.3, 0.4) is 0 Å². The smallest absolute Gasteiger partial charge is 0.306 e. The van der Waals surface area contributed by atoms with Gasteiger partial charge in [0, 0.05) is 24.2 Å². The second-order valence-electron chi connectivity index (χ2n) is 4.73. The Kier molecular flexibility index (Phi) is 5.36. The molecule has 0 spiro atoms. The molecule has 1 atom stereocenters. The molecule has 1 aromatic carbocycles. The standard InChI is InChI=1S/C15H16ClNO4/c16-13-4-2-1-3-11(13)5-6-14(18)17-7-8-21-12(10-17)9-15(19)20/h1-6,12H,7-10H2,(H,19,20). The molecule has 1 unspecified atom stereocenters. The number of benzene rings is 1. The molecule has 21 heavy (non-hydrogen) atoms. The van der Waals surface area contributed by atoms with Crippen LogP contribution in [0.4, 0.5) is 0 Å². The molecule has 5 nitrogen and oxygen atoms in total. The van der Waals surface area contributed by atoms with Gasteiger partial charge in [0.2, 0.25) is 5.91 Å². The first kappa shape index (κ1) is 15.5. The maximum absolute atomic E-state index is 12.1. The molecule has 1 saturated heterocycles. The van der Waals surface area contributed by atoms with Crippen LogP contribution in [0, 0.1) is 0 Å². The van der Waals surface area contributed by atoms with E-state index in [0.29, 0.717) is 18.2 Å². The van der Waals surface area contributed by atoms with Crippen molar-refractivity contribution in [3.63, 3.8) is 0 Å². The van der Waals surface area contributed by atoms with Crippen LogP contribution < -0.4 is 0 Å². The first-order valence-corrected chi connectivity index (χ1v) is 6.99. The molecule has 112 valence electrons. The number of halogens is 1. The van der Waals surface area contributed by atoms with Gasteiger partial charge in [-0.2, -0.15) is 0 Å². The Balaban J connectivity index is 1.96. The lowest BCUT2D eigenvalue weighted by Crippen LogP contribution is -2.45. The van der Waals surface area contributed by atoms with Crippen molar-refractivity contribution in [2.45, 2.75) is 12.5 Å². The molecule has 2 rings (SSSR count). The molecular formula is C15H16ClNO4. The number of aliphatic carboxylic acids is 1. The lowest BCUT2D eigenvalue weighted by Gasteiger charge is -2.31. The summed E-state index contributed by atoms with van der Waals surface area (Å²) >= 11 is 6.01. The zero-order valence-corrected chi connectivity index (χ0v) is 12.1. The summed E-state index contributed by atoms with van der Waals surface area (Å²) in [4.78, 5) is 24.4. The molecule has 1 heterocycles. The Labute approximate surface area is 127 Å². The van der Waals surface area contributed by atoms with Crippen LogP contribution in [0.1, 0.15) is 12.0 Å². The number of carboxylic acids is 1. The summed E-state index contributed by atoms with van der Waals surface area (Å²) < 4.78 is 5.33. The molecule has 0 bridgehead atoms. The van der Waals surface area contributed by atoms with Crippen LogP contribution in [0.2, 0.25) is 5.02 Å². The highest BCUT2D eigenvalue weighted by Crippen LogP contribution is 2.17. The molecule has 1 aliphatic heterocycles. The summed E-state index contributed by atoms with van der Waals surface area (Å²) in [6.07, 6.45) is 2.56. The van der Waals surface area contributed by atoms with E-state index in [4.69, 9.17) is 21.4 Å². The number of hydrogen-bond acceptors (Lipinski definition) is 3. The van der Waals surface area contributed by atoms with Gasteiger partial charge < -0.3 is 14.7 Å². The Morgan fingerprint density at radius 1 is 1.43 bits per heavy atom. The number of carboxylic acid groups (broad SMARTS) is 1. The molecule has 0 aromatic heterocycles. The van der Waals surface area contributed by atoms with Crippen LogP contribution in [0.25, 0.3) is 6.08 Å². The highest BCUT2D eigenvalue weighted by molar-refractivity contribution is 6.32. The van der Waals surface area contributed by atoms with Crippen molar-refractivity contribution < 1.29 is 19.4 Å². The van der Waals surface area contributed by atoms with Crippen LogP contribution in [-0.2, 0) is 14.3 Å². The summed E-state index contributed by atoms with van der Waals surface area (Å²) in [6.45, 7) is 1.10. The van der Waals surface area contributed by atoms with E-state index in [0.717, 1.165) is 5.56 Å². The summed E-state index contributed by atoms with van der Waals surface area (Å²) in [5.41, 5.74) is 0.767. The van der Waals surface area contributed by atoms with Crippen molar-refractivity contribution in [2.24, 2.45) is 0 Å². The monoisotopic (exact) mass is 309 g/mol. The Morgan fingerprint density at radius 3 is 2.90 bits per heavy atom. The fourth-order valence-electron chi connectivity index (χ4n) is 2.11. The van der Waals surface area contributed by atoms with Crippen LogP contribution in [0.15, 0.2) is 30.3 Å². The number of nitrogens with zero attached hydrogens (tertiary/aromatic N) is 1. The minimum Gasteiger partial charge on any atom is -0.481 e. The maximum Gasteiger partial charge on any atom is 0.306 e. The van der Waals surface area contributed by atoms with Gasteiger partial charge in [-0.05, 0) is 17.7 Å². The normalized spacial score (nSPS) is 18.9. The quantitative estimate of drug-likeness (QED) is 0.865. The Bertz CT molecular complexity index is 558. The third-order valence-corrected chi connectivity index (χ3v) is 3.51. The van der Waals surface area contributed by atoms with Gasteiger partial charge in [0.15, 0.2) is 0 Å². The van der Waals surface area contributed by atoms with Gasteiger partial charge in [0.25, 0.3) is 0 Å². The Morgan fingerprint density at radius 2 is 2.19 bits per heavy atom. The number of hydrogen-bond donors (Lipinski definition) is 1. The zero-order chi connectivity index (χ0) is 15.2. The second kappa shape index (κ2) is 7.24. The molecule has 1 aromatic rings. The van der Waals surface area contributed by atoms with Crippen molar-refractivity contribution in [3.05, 3.63) is 40.9 Å². The molecule has 0 saturated carbocycles. The average Bonchev–Trinajstić information content (AvgIpc) is 2.45. The fraction of sp³-hybridized carbons (Fsp3) is 0.333. The minimum absolute atomic E-state index is 0.0992. The lowest BCUT2D eigenvalue weighted by molar-refractivity contribution is -0.145. The summed E-state index contributed by atoms with van der Waals surface area (Å²) in [6, 6.07) is 7.23. The van der Waals surface area contributed by atoms with Gasteiger partial charge in [-0.3, -0.25) is 9.59 Å². The third-order valence-electron chi connectivity index (χ3n) is 3.16. The SMILES string of the molecule is O=C(O)CC1CN(C(=O)C=Cc2ccccc2Cl)CCO1. The number of ether oxygens (including phenoxy) is 1. The summed E-state index contributed by atoms with van der Waals surface area (Å²) in [5, 5.41) is 9.34. The zero-order valence-electron chi connectivity index (χ0n) is 11.4. The molecule has 6 heteroatoms. The van der Waals surface area contributed by atoms with Crippen molar-refractivity contribution in [1.82, 2.24) is 4.90 Å². The van der Waals surface area contributed by atoms with E-state index in [1.807, 2.05) is 18.2 Å². The van der Waals surface area contributed by atoms with Crippen LogP contribution in [-0.4, -0.2) is 47.7 Å². The fourth-order valence-corrected chi connectivity index (χ4v) is 2.31. The molecule has 1 aliphatic rings. The van der Waals surface area contributed by atoms with Gasteiger partial charge in [0.1, 0.15) is 0 Å². The van der Waals surface area contributed by atoms with E-state index in [1.54, 1.807) is 17.0 Å². The maximum atomic E-state index is 12.1. The van der Waals surface area contributed by atoms with Crippen molar-refractivity contribution >= 4 is 29.6 Å². The number of carbonyl (C=O) groups excluding carboxylic acids is 1. The van der Waals surface area contributed by atoms with Gasteiger partial charge in [-0.15, -0.1) is 0 Å². The lowest BCUT2D eigenvalue weighted by atomic mass is 10.2. The highest BCUT2D eigenvalue weighted by atomic mass is 35.5. The molecule has 1 fully saturated rings. The van der Waals surface area contributed by atoms with Crippen LogP contribution in [0.5, 0.6) is 0 Å². The second-order valence-corrected chi connectivity index (χ2v) is 5.14. The van der Waals surface area contributed by atoms with Gasteiger partial charge in [0.05, 0.1) is 19.1 Å². The van der Waals surface area contributed by atoms with Gasteiger partial charge in [-0.1, -0.05) is 29.8 Å². The van der Waals surface area contributed by atoms with E-state index >= 15 is 0 Å². The molecule has 0 radical (unpaired) electrons. The minimum atomic E-state index is -0.930. The summed E-state index contributed by atoms with van der Waals surface area (Å²) in [7, 11) is 0. The molecule has 0 aliphatic carbocycles. The van der Waals surface area contributed by atoms with Crippen LogP contribution >= 0.6 is 11.6 Å². The molecular weight excluding hydrogens is 294 g/mol. The highest BCUT2D eigenvalue weighted by Gasteiger charge is 2.24. The van der Waals surface area contributed by atoms with Crippen molar-refractivity contribution in [3.8, 4) is 0 Å². The molecule has 1 amide bonds. The Hall–Kier alpha value is -1.85. The van der Waals surface area contributed by atoms with Crippen molar-refractivity contribution in [1.29, 1.82) is 0 Å². The van der Waals surface area contributed by atoms with E-state index in [1.165, 1.54) is 6.08 Å². The van der Waals surface area contributed by atoms with E-state index in [-0.39, 0.29) is 18.9 Å². The predicted octanol–water partition coefficient (Wildman–Crippen LogP) is 2.06.